The number of hydrogen-bond acceptors (Lipinski definition) is 8. The molecule has 3 rings (SSSR count). The van der Waals surface area contributed by atoms with Gasteiger partial charge in [-0.15, -0.1) is 0 Å². The second-order valence-electron chi connectivity index (χ2n) is 7.19. The number of nitriles is 1. The van der Waals surface area contributed by atoms with Crippen LogP contribution in [-0.2, 0) is 0 Å². The highest BCUT2D eigenvalue weighted by molar-refractivity contribution is 5.63. The molecule has 2 N–H and O–H groups in total. The van der Waals surface area contributed by atoms with E-state index in [4.69, 9.17) is 4.74 Å². The molecule has 0 aliphatic carbocycles. The van der Waals surface area contributed by atoms with E-state index in [-0.39, 0.29) is 13.2 Å². The highest BCUT2D eigenvalue weighted by Crippen LogP contribution is 2.24. The van der Waals surface area contributed by atoms with E-state index in [2.05, 4.69) is 21.4 Å². The maximum Gasteiger partial charge on any atom is 0.229 e. The van der Waals surface area contributed by atoms with Crippen LogP contribution in [0.4, 0.5) is 23.1 Å². The zero-order valence-electron chi connectivity index (χ0n) is 17.6. The number of rotatable bonds is 10. The lowest BCUT2D eigenvalue weighted by atomic mass is 10.3. The predicted octanol–water partition coefficient (Wildman–Crippen LogP) is 3.18. The number of anilines is 4. The molecule has 0 amide bonds. The summed E-state index contributed by atoms with van der Waals surface area (Å²) in [5, 5.41) is 22.3. The van der Waals surface area contributed by atoms with Gasteiger partial charge in [-0.1, -0.05) is 18.2 Å². The van der Waals surface area contributed by atoms with Crippen LogP contribution in [0.25, 0.3) is 0 Å². The minimum Gasteiger partial charge on any atom is -0.491 e. The Hall–Kier alpha value is -3.67. The van der Waals surface area contributed by atoms with Gasteiger partial charge in [-0.2, -0.15) is 10.2 Å². The summed E-state index contributed by atoms with van der Waals surface area (Å²) in [7, 11) is 3.81. The van der Waals surface area contributed by atoms with Crippen molar-refractivity contribution in [2.75, 3.05) is 44.0 Å². The average molecular weight is 419 g/mol. The lowest BCUT2D eigenvalue weighted by Crippen LogP contribution is -2.30. The van der Waals surface area contributed by atoms with Gasteiger partial charge in [0.1, 0.15) is 30.8 Å². The molecular weight excluding hydrogens is 392 g/mol. The third-order valence-electron chi connectivity index (χ3n) is 4.34. The number of aliphatic hydroxyl groups is 1. The molecule has 0 aliphatic heterocycles. The van der Waals surface area contributed by atoms with Crippen molar-refractivity contribution in [2.45, 2.75) is 6.10 Å². The Morgan fingerprint density at radius 1 is 1.10 bits per heavy atom. The topological polar surface area (TPSA) is 97.5 Å². The molecule has 0 fully saturated rings. The first-order valence-electron chi connectivity index (χ1n) is 9.90. The number of aliphatic hydroxyl groups excluding tert-OH is 1. The number of aromatic nitrogens is 2. The molecule has 2 aromatic carbocycles. The Labute approximate surface area is 182 Å². The van der Waals surface area contributed by atoms with Crippen molar-refractivity contribution in [3.63, 3.8) is 0 Å². The number of benzene rings is 2. The summed E-state index contributed by atoms with van der Waals surface area (Å²) in [6.07, 6.45) is 1.10. The van der Waals surface area contributed by atoms with E-state index in [9.17, 15) is 10.4 Å². The fourth-order valence-electron chi connectivity index (χ4n) is 2.97. The number of para-hydroxylation sites is 1. The normalized spacial score (nSPS) is 11.6. The molecule has 0 bridgehead atoms. The SMILES string of the molecule is CN(C)CC(O)COc1ccc(Nc2nccc(N(CC#N)c3ccccc3)n2)cc1. The van der Waals surface area contributed by atoms with Crippen LogP contribution >= 0.6 is 0 Å². The van der Waals surface area contributed by atoms with Crippen molar-refractivity contribution >= 4 is 23.1 Å². The molecule has 1 unspecified atom stereocenters. The molecule has 3 aromatic rings. The van der Waals surface area contributed by atoms with Crippen molar-refractivity contribution in [1.29, 1.82) is 5.26 Å². The van der Waals surface area contributed by atoms with Gasteiger partial charge in [0.25, 0.3) is 0 Å². The van der Waals surface area contributed by atoms with Crippen LogP contribution in [-0.4, -0.2) is 59.9 Å². The first-order chi connectivity index (χ1) is 15.0. The zero-order valence-corrected chi connectivity index (χ0v) is 17.6. The van der Waals surface area contributed by atoms with E-state index in [1.807, 2.05) is 78.5 Å². The second-order valence-corrected chi connectivity index (χ2v) is 7.19. The summed E-state index contributed by atoms with van der Waals surface area (Å²) in [6, 6.07) is 20.9. The van der Waals surface area contributed by atoms with Gasteiger partial charge in [-0.05, 0) is 56.6 Å². The molecule has 0 saturated carbocycles. The first kappa shape index (κ1) is 22.0. The molecule has 1 aromatic heterocycles. The van der Waals surface area contributed by atoms with Crippen LogP contribution in [0.15, 0.2) is 66.9 Å². The fourth-order valence-corrected chi connectivity index (χ4v) is 2.97. The van der Waals surface area contributed by atoms with E-state index in [1.54, 1.807) is 12.3 Å². The van der Waals surface area contributed by atoms with Crippen molar-refractivity contribution in [3.8, 4) is 11.8 Å². The average Bonchev–Trinajstić information content (AvgIpc) is 2.77. The number of likely N-dealkylation sites (N-methyl/N-ethyl adjacent to an activating group) is 1. The van der Waals surface area contributed by atoms with Gasteiger partial charge >= 0.3 is 0 Å². The van der Waals surface area contributed by atoms with Gasteiger partial charge in [0.05, 0.1) is 6.07 Å². The van der Waals surface area contributed by atoms with Gasteiger partial charge < -0.3 is 25.0 Å². The molecule has 160 valence electrons. The fraction of sp³-hybridized carbons (Fsp3) is 0.261. The smallest absolute Gasteiger partial charge is 0.229 e. The number of ether oxygens (including phenoxy) is 1. The van der Waals surface area contributed by atoms with Gasteiger partial charge in [0, 0.05) is 24.1 Å². The van der Waals surface area contributed by atoms with Crippen LogP contribution in [0.3, 0.4) is 0 Å². The van der Waals surface area contributed by atoms with Crippen molar-refractivity contribution in [1.82, 2.24) is 14.9 Å². The summed E-state index contributed by atoms with van der Waals surface area (Å²) in [5.41, 5.74) is 1.68. The van der Waals surface area contributed by atoms with Crippen LogP contribution in [0.5, 0.6) is 5.75 Å². The maximum atomic E-state index is 9.90. The van der Waals surface area contributed by atoms with E-state index in [0.717, 1.165) is 11.4 Å². The molecule has 0 saturated heterocycles. The van der Waals surface area contributed by atoms with Crippen molar-refractivity contribution in [3.05, 3.63) is 66.9 Å². The largest absolute Gasteiger partial charge is 0.491 e. The van der Waals surface area contributed by atoms with E-state index >= 15 is 0 Å². The molecule has 0 radical (unpaired) electrons. The minimum absolute atomic E-state index is 0.173. The highest BCUT2D eigenvalue weighted by Gasteiger charge is 2.11. The third-order valence-corrected chi connectivity index (χ3v) is 4.34. The van der Waals surface area contributed by atoms with Crippen LogP contribution < -0.4 is 15.0 Å². The van der Waals surface area contributed by atoms with Gasteiger partial charge in [-0.3, -0.25) is 0 Å². The molecular formula is C23H26N6O2. The Bertz CT molecular complexity index is 989. The standard InChI is InChI=1S/C23H26N6O2/c1-28(2)16-20(30)17-31-21-10-8-18(9-11-21)26-23-25-14-12-22(27-23)29(15-13-24)19-6-4-3-5-7-19/h3-12,14,20,30H,15-17H2,1-2H3,(H,25,26,27). The maximum absolute atomic E-state index is 9.90. The Kier molecular flexibility index (Phi) is 7.76. The first-order valence-corrected chi connectivity index (χ1v) is 9.90. The molecule has 31 heavy (non-hydrogen) atoms. The Balaban J connectivity index is 1.66. The molecule has 0 aliphatic rings. The summed E-state index contributed by atoms with van der Waals surface area (Å²) in [4.78, 5) is 12.6. The number of nitrogens with one attached hydrogen (secondary N) is 1. The van der Waals surface area contributed by atoms with Crippen LogP contribution in [0, 0.1) is 11.3 Å². The van der Waals surface area contributed by atoms with Crippen LogP contribution in [0.1, 0.15) is 0 Å². The van der Waals surface area contributed by atoms with E-state index in [0.29, 0.717) is 24.1 Å². The summed E-state index contributed by atoms with van der Waals surface area (Å²) in [5.74, 6) is 1.72. The zero-order chi connectivity index (χ0) is 22.1. The predicted molar refractivity (Wildman–Crippen MR) is 121 cm³/mol. The summed E-state index contributed by atoms with van der Waals surface area (Å²) in [6.45, 7) is 0.940. The molecule has 0 spiro atoms. The summed E-state index contributed by atoms with van der Waals surface area (Å²) >= 11 is 0. The van der Waals surface area contributed by atoms with Crippen molar-refractivity contribution < 1.29 is 9.84 Å². The minimum atomic E-state index is -0.551. The van der Waals surface area contributed by atoms with Crippen LogP contribution in [0.2, 0.25) is 0 Å². The van der Waals surface area contributed by atoms with E-state index in [1.165, 1.54) is 0 Å². The quantitative estimate of drug-likeness (QED) is 0.485. The monoisotopic (exact) mass is 418 g/mol. The number of nitrogens with zero attached hydrogens (tertiary/aromatic N) is 5. The van der Waals surface area contributed by atoms with Gasteiger partial charge in [-0.25, -0.2) is 4.98 Å². The lowest BCUT2D eigenvalue weighted by Gasteiger charge is -2.21. The van der Waals surface area contributed by atoms with Crippen molar-refractivity contribution in [2.24, 2.45) is 0 Å². The van der Waals surface area contributed by atoms with Gasteiger partial charge in [0.15, 0.2) is 0 Å². The molecule has 8 nitrogen and oxygen atoms in total. The number of hydrogen-bond donors (Lipinski definition) is 2. The lowest BCUT2D eigenvalue weighted by molar-refractivity contribution is 0.0831. The van der Waals surface area contributed by atoms with E-state index < -0.39 is 6.10 Å². The van der Waals surface area contributed by atoms with Gasteiger partial charge in [0.2, 0.25) is 5.95 Å². The Morgan fingerprint density at radius 3 is 2.52 bits per heavy atom. The summed E-state index contributed by atoms with van der Waals surface area (Å²) < 4.78 is 5.63. The highest BCUT2D eigenvalue weighted by atomic mass is 16.5. The molecule has 8 heteroatoms. The Morgan fingerprint density at radius 2 is 1.84 bits per heavy atom. The second kappa shape index (κ2) is 10.9. The molecule has 1 heterocycles. The third kappa shape index (κ3) is 6.67. The molecule has 1 atom stereocenters.